The van der Waals surface area contributed by atoms with Crippen LogP contribution in [0.1, 0.15) is 0 Å². The SMILES string of the molecule is O=S(=O)(O)C(F)(F)C(F)(F)C(F)(F)C(F)(F)F.[Tl]. The summed E-state index contributed by atoms with van der Waals surface area (Å²) in [4.78, 5) is 0. The van der Waals surface area contributed by atoms with Crippen LogP contribution in [0.5, 0.6) is 0 Å². The Balaban J connectivity index is 0. The van der Waals surface area contributed by atoms with E-state index in [1.165, 1.54) is 0 Å². The molecule has 0 bridgehead atoms. The number of rotatable bonds is 3. The van der Waals surface area contributed by atoms with Gasteiger partial charge in [0.1, 0.15) is 0 Å². The van der Waals surface area contributed by atoms with Crippen molar-refractivity contribution in [1.29, 1.82) is 0 Å². The molecule has 0 amide bonds. The Labute approximate surface area is 113 Å². The van der Waals surface area contributed by atoms with E-state index in [9.17, 15) is 47.9 Å². The number of alkyl halides is 9. The molecule has 0 aromatic carbocycles. The van der Waals surface area contributed by atoms with Crippen molar-refractivity contribution < 1.29 is 52.5 Å². The molecule has 0 aliphatic heterocycles. The second kappa shape index (κ2) is 4.95. The summed E-state index contributed by atoms with van der Waals surface area (Å²) >= 11 is 0. The van der Waals surface area contributed by atoms with Crippen molar-refractivity contribution in [3.05, 3.63) is 0 Å². The van der Waals surface area contributed by atoms with Crippen molar-refractivity contribution in [3.8, 4) is 0 Å². The van der Waals surface area contributed by atoms with Gasteiger partial charge in [-0.25, -0.2) is 0 Å². The van der Waals surface area contributed by atoms with E-state index in [0.29, 0.717) is 0 Å². The second-order valence-electron chi connectivity index (χ2n) is 2.64. The number of halogens is 9. The average molecular weight is 504 g/mol. The Morgan fingerprint density at radius 3 is 1.17 bits per heavy atom. The molecule has 3 nitrogen and oxygen atoms in total. The van der Waals surface area contributed by atoms with Crippen LogP contribution in [0.3, 0.4) is 0 Å². The van der Waals surface area contributed by atoms with Crippen LogP contribution < -0.4 is 0 Å². The summed E-state index contributed by atoms with van der Waals surface area (Å²) in [7, 11) is -7.17. The minimum Gasteiger partial charge on any atom is -0.281 e. The summed E-state index contributed by atoms with van der Waals surface area (Å²) in [5.41, 5.74) is 0. The average Bonchev–Trinajstić information content (AvgIpc) is 1.98. The van der Waals surface area contributed by atoms with E-state index in [0.717, 1.165) is 0 Å². The van der Waals surface area contributed by atoms with E-state index in [4.69, 9.17) is 4.55 Å². The van der Waals surface area contributed by atoms with Gasteiger partial charge in [0.05, 0.1) is 0 Å². The molecule has 0 aromatic heterocycles. The van der Waals surface area contributed by atoms with Gasteiger partial charge in [0, 0.05) is 27.3 Å². The van der Waals surface area contributed by atoms with Crippen LogP contribution in [0, 0.1) is 0 Å². The first-order valence-electron chi connectivity index (χ1n) is 3.17. The Kier molecular flexibility index (Phi) is 5.64. The second-order valence-corrected chi connectivity index (χ2v) is 4.10. The van der Waals surface area contributed by atoms with Crippen molar-refractivity contribution in [2.45, 2.75) is 23.3 Å². The third-order valence-electron chi connectivity index (χ3n) is 1.44. The van der Waals surface area contributed by atoms with E-state index in [2.05, 4.69) is 0 Å². The molecule has 0 heterocycles. The first-order chi connectivity index (χ1) is 7.00. The maximum Gasteiger partial charge on any atom is 0.460 e. The number of hydrogen-bond donors (Lipinski definition) is 1. The fraction of sp³-hybridized carbons (Fsp3) is 1.00. The van der Waals surface area contributed by atoms with Crippen LogP contribution >= 0.6 is 0 Å². The predicted molar refractivity (Wildman–Crippen MR) is 38.2 cm³/mol. The summed E-state index contributed by atoms with van der Waals surface area (Å²) in [5, 5.41) is -7.00. The minimum atomic E-state index is -7.37. The van der Waals surface area contributed by atoms with Gasteiger partial charge in [-0.1, -0.05) is 0 Å². The number of hydrogen-bond acceptors (Lipinski definition) is 2. The molecule has 14 heteroatoms. The molecule has 0 atom stereocenters. The molecule has 0 unspecified atom stereocenters. The molecule has 0 rings (SSSR count). The quantitative estimate of drug-likeness (QED) is 0.363. The van der Waals surface area contributed by atoms with Gasteiger partial charge >= 0.3 is 33.4 Å². The van der Waals surface area contributed by atoms with Crippen molar-refractivity contribution >= 4 is 37.4 Å². The van der Waals surface area contributed by atoms with E-state index in [1.807, 2.05) is 0 Å². The zero-order valence-corrected chi connectivity index (χ0v) is 13.0. The predicted octanol–water partition coefficient (Wildman–Crippen LogP) is 1.92. The summed E-state index contributed by atoms with van der Waals surface area (Å²) in [6, 6.07) is 0. The van der Waals surface area contributed by atoms with Gasteiger partial charge in [-0.15, -0.1) is 0 Å². The van der Waals surface area contributed by atoms with Crippen LogP contribution in [0.2, 0.25) is 0 Å². The van der Waals surface area contributed by atoms with E-state index in [-0.39, 0.29) is 27.3 Å². The molecule has 18 heavy (non-hydrogen) atoms. The third-order valence-corrected chi connectivity index (χ3v) is 2.34. The summed E-state index contributed by atoms with van der Waals surface area (Å²) in [5.74, 6) is -14.7. The Hall–Kier alpha value is 0.202. The van der Waals surface area contributed by atoms with Gasteiger partial charge < -0.3 is 0 Å². The van der Waals surface area contributed by atoms with Gasteiger partial charge in [-0.3, -0.25) is 4.55 Å². The van der Waals surface area contributed by atoms with E-state index in [1.54, 1.807) is 0 Å². The molecule has 0 fully saturated rings. The first-order valence-corrected chi connectivity index (χ1v) is 4.61. The van der Waals surface area contributed by atoms with Gasteiger partial charge in [0.15, 0.2) is 0 Å². The molecular formula is C4HF9O3STl. The maximum absolute atomic E-state index is 12.2. The monoisotopic (exact) mass is 505 g/mol. The van der Waals surface area contributed by atoms with Crippen LogP contribution in [-0.2, 0) is 10.1 Å². The smallest absolute Gasteiger partial charge is 0.281 e. The normalized spacial score (nSPS) is 15.2. The summed E-state index contributed by atoms with van der Waals surface area (Å²) < 4.78 is 134. The molecule has 1 N–H and O–H groups in total. The molecule has 1 radical (unpaired) electrons. The topological polar surface area (TPSA) is 54.4 Å². The van der Waals surface area contributed by atoms with Crippen LogP contribution in [0.4, 0.5) is 39.5 Å². The molecule has 0 aliphatic rings. The molecule has 0 aromatic rings. The zero-order valence-electron chi connectivity index (χ0n) is 7.65. The van der Waals surface area contributed by atoms with Crippen molar-refractivity contribution in [3.63, 3.8) is 0 Å². The summed E-state index contributed by atoms with van der Waals surface area (Å²) in [6.07, 6.45) is -7.13. The van der Waals surface area contributed by atoms with Crippen molar-refractivity contribution in [2.75, 3.05) is 0 Å². The van der Waals surface area contributed by atoms with Gasteiger partial charge in [0.2, 0.25) is 0 Å². The molecule has 0 spiro atoms. The van der Waals surface area contributed by atoms with Crippen LogP contribution in [-0.4, -0.2) is 63.5 Å². The molecule has 0 aliphatic carbocycles. The summed E-state index contributed by atoms with van der Waals surface area (Å²) in [6.45, 7) is 0. The third kappa shape index (κ3) is 2.86. The molecule has 107 valence electrons. The van der Waals surface area contributed by atoms with Crippen molar-refractivity contribution in [1.82, 2.24) is 0 Å². The largest absolute Gasteiger partial charge is 0.460 e. The Bertz CT molecular complexity index is 399. The maximum atomic E-state index is 12.2. The van der Waals surface area contributed by atoms with E-state index >= 15 is 0 Å². The van der Waals surface area contributed by atoms with E-state index < -0.39 is 33.4 Å². The standard InChI is InChI=1S/C4HF9O3S.Tl/c5-1(6,3(9,10)11)2(7,8)4(12,13)17(14,15)16;/h(H,14,15,16);. The Morgan fingerprint density at radius 1 is 0.722 bits per heavy atom. The zero-order chi connectivity index (χ0) is 14.5. The fourth-order valence-electron chi connectivity index (χ4n) is 0.523. The minimum absolute atomic E-state index is 0. The molecular weight excluding hydrogens is 503 g/mol. The van der Waals surface area contributed by atoms with Crippen LogP contribution in [0.25, 0.3) is 0 Å². The van der Waals surface area contributed by atoms with Gasteiger partial charge in [-0.05, 0) is 0 Å². The van der Waals surface area contributed by atoms with Crippen LogP contribution in [0.15, 0.2) is 0 Å². The molecule has 0 saturated carbocycles. The van der Waals surface area contributed by atoms with Crippen molar-refractivity contribution in [2.24, 2.45) is 0 Å². The fourth-order valence-corrected chi connectivity index (χ4v) is 0.975. The molecule has 0 saturated heterocycles. The Morgan fingerprint density at radius 2 is 1.00 bits per heavy atom. The van der Waals surface area contributed by atoms with Gasteiger partial charge in [-0.2, -0.15) is 47.9 Å². The van der Waals surface area contributed by atoms with Gasteiger partial charge in [0.25, 0.3) is 0 Å². The first kappa shape index (κ1) is 20.5.